The summed E-state index contributed by atoms with van der Waals surface area (Å²) in [7, 11) is 0. The normalized spacial score (nSPS) is 11.9. The van der Waals surface area contributed by atoms with Crippen molar-refractivity contribution in [2.24, 2.45) is 5.73 Å². The molecule has 9 heteroatoms. The summed E-state index contributed by atoms with van der Waals surface area (Å²) in [5.74, 6) is -0.984. The Hall–Kier alpha value is -1.64. The number of hydrogen-bond donors (Lipinski definition) is 2. The van der Waals surface area contributed by atoms with Crippen LogP contribution in [0.3, 0.4) is 0 Å². The molecule has 0 radical (unpaired) electrons. The van der Waals surface area contributed by atoms with E-state index in [1.165, 1.54) is 0 Å². The van der Waals surface area contributed by atoms with Crippen molar-refractivity contribution in [3.05, 3.63) is 17.3 Å². The minimum absolute atomic E-state index is 0.395. The summed E-state index contributed by atoms with van der Waals surface area (Å²) in [5, 5.41) is 0. The Morgan fingerprint density at radius 1 is 1.35 bits per heavy atom. The predicted octanol–water partition coefficient (Wildman–Crippen LogP) is 1.96. The van der Waals surface area contributed by atoms with Gasteiger partial charge in [-0.1, -0.05) is 0 Å². The Kier molecular flexibility index (Phi) is 3.71. The number of aromatic nitrogens is 1. The maximum Gasteiger partial charge on any atom is 0.574 e. The van der Waals surface area contributed by atoms with Gasteiger partial charge in [0.1, 0.15) is 0 Å². The van der Waals surface area contributed by atoms with E-state index in [0.717, 1.165) is 0 Å². The molecule has 1 aromatic rings. The van der Waals surface area contributed by atoms with Crippen LogP contribution in [0.2, 0.25) is 0 Å². The first kappa shape index (κ1) is 13.4. The molecular weight excluding hydrogens is 249 g/mol. The molecule has 0 fully saturated rings. The second-order valence-corrected chi connectivity index (χ2v) is 2.97. The maximum absolute atomic E-state index is 12.4. The van der Waals surface area contributed by atoms with Gasteiger partial charge in [0, 0.05) is 12.1 Å². The number of anilines is 1. The molecule has 0 saturated heterocycles. The second-order valence-electron chi connectivity index (χ2n) is 2.97. The molecule has 1 heterocycles. The molecule has 0 atom stereocenters. The molecular formula is C8H8F5N3O. The molecule has 0 aliphatic rings. The van der Waals surface area contributed by atoms with E-state index in [-0.39, 0.29) is 0 Å². The van der Waals surface area contributed by atoms with E-state index < -0.39 is 42.2 Å². The molecule has 0 amide bonds. The number of hydrogen-bond acceptors (Lipinski definition) is 4. The molecule has 0 spiro atoms. The van der Waals surface area contributed by atoms with Gasteiger partial charge in [0.25, 0.3) is 6.43 Å². The first-order valence-corrected chi connectivity index (χ1v) is 4.28. The van der Waals surface area contributed by atoms with E-state index in [9.17, 15) is 22.0 Å². The van der Waals surface area contributed by atoms with Crippen molar-refractivity contribution in [2.45, 2.75) is 19.3 Å². The largest absolute Gasteiger partial charge is 0.574 e. The molecule has 4 nitrogen and oxygen atoms in total. The summed E-state index contributed by atoms with van der Waals surface area (Å²) < 4.78 is 64.1. The Balaban J connectivity index is 3.18. The summed E-state index contributed by atoms with van der Waals surface area (Å²) in [6, 6.07) is 0.668. The van der Waals surface area contributed by atoms with Crippen LogP contribution in [0.1, 0.15) is 17.7 Å². The standard InChI is InChI=1S/C8H8F5N3O/c9-6(10)3-1-4(15)7(16-5(3)2-14)17-8(11,12)13/h1,6H,2,14-15H2. The van der Waals surface area contributed by atoms with E-state index in [2.05, 4.69) is 9.72 Å². The van der Waals surface area contributed by atoms with E-state index in [1.807, 2.05) is 0 Å². The molecule has 0 aromatic carbocycles. The fourth-order valence-electron chi connectivity index (χ4n) is 1.11. The zero-order chi connectivity index (χ0) is 13.2. The lowest BCUT2D eigenvalue weighted by atomic mass is 10.2. The van der Waals surface area contributed by atoms with Crippen LogP contribution in [0.15, 0.2) is 6.07 Å². The molecule has 0 bridgehead atoms. The van der Waals surface area contributed by atoms with Crippen LogP contribution >= 0.6 is 0 Å². The third-order valence-corrected chi connectivity index (χ3v) is 1.77. The molecule has 17 heavy (non-hydrogen) atoms. The average molecular weight is 257 g/mol. The number of nitrogen functional groups attached to an aromatic ring is 1. The Bertz CT molecular complexity index is 407. The molecule has 96 valence electrons. The van der Waals surface area contributed by atoms with Crippen molar-refractivity contribution < 1.29 is 26.7 Å². The van der Waals surface area contributed by atoms with Gasteiger partial charge < -0.3 is 16.2 Å². The van der Waals surface area contributed by atoms with Crippen LogP contribution in [0.25, 0.3) is 0 Å². The van der Waals surface area contributed by atoms with Crippen molar-refractivity contribution in [2.75, 3.05) is 5.73 Å². The van der Waals surface area contributed by atoms with Crippen molar-refractivity contribution in [1.29, 1.82) is 0 Å². The van der Waals surface area contributed by atoms with Crippen LogP contribution < -0.4 is 16.2 Å². The molecule has 4 N–H and O–H groups in total. The Labute approximate surface area is 92.4 Å². The molecule has 0 unspecified atom stereocenters. The van der Waals surface area contributed by atoms with Gasteiger partial charge in [-0.2, -0.15) is 0 Å². The van der Waals surface area contributed by atoms with Crippen LogP contribution in [0.4, 0.5) is 27.6 Å². The lowest BCUT2D eigenvalue weighted by Crippen LogP contribution is -2.20. The SMILES string of the molecule is NCc1nc(OC(F)(F)F)c(N)cc1C(F)F. The number of nitrogens with two attached hydrogens (primary N) is 2. The van der Waals surface area contributed by atoms with Gasteiger partial charge in [-0.3, -0.25) is 0 Å². The maximum atomic E-state index is 12.4. The van der Waals surface area contributed by atoms with Gasteiger partial charge in [0.05, 0.1) is 11.4 Å². The van der Waals surface area contributed by atoms with E-state index in [1.54, 1.807) is 0 Å². The summed E-state index contributed by atoms with van der Waals surface area (Å²) in [4.78, 5) is 3.23. The quantitative estimate of drug-likeness (QED) is 0.812. The lowest BCUT2D eigenvalue weighted by molar-refractivity contribution is -0.275. The average Bonchev–Trinajstić information content (AvgIpc) is 2.18. The summed E-state index contributed by atoms with van der Waals surface area (Å²) in [5.41, 5.74) is 8.59. The van der Waals surface area contributed by atoms with E-state index >= 15 is 0 Å². The van der Waals surface area contributed by atoms with E-state index in [4.69, 9.17) is 11.5 Å². The van der Waals surface area contributed by atoms with Crippen molar-refractivity contribution in [3.8, 4) is 5.88 Å². The fourth-order valence-corrected chi connectivity index (χ4v) is 1.11. The number of halogens is 5. The predicted molar refractivity (Wildman–Crippen MR) is 48.2 cm³/mol. The van der Waals surface area contributed by atoms with Crippen LogP contribution in [-0.4, -0.2) is 11.3 Å². The topological polar surface area (TPSA) is 74.2 Å². The first-order chi connectivity index (χ1) is 7.74. The number of pyridine rings is 1. The van der Waals surface area contributed by atoms with Crippen LogP contribution in [0, 0.1) is 0 Å². The van der Waals surface area contributed by atoms with Gasteiger partial charge >= 0.3 is 6.36 Å². The number of nitrogens with zero attached hydrogens (tertiary/aromatic N) is 1. The number of alkyl halides is 5. The minimum Gasteiger partial charge on any atom is -0.394 e. The summed E-state index contributed by atoms with van der Waals surface area (Å²) in [6.07, 6.45) is -7.93. The van der Waals surface area contributed by atoms with Crippen molar-refractivity contribution in [3.63, 3.8) is 0 Å². The van der Waals surface area contributed by atoms with Crippen LogP contribution in [0.5, 0.6) is 5.88 Å². The summed E-state index contributed by atoms with van der Waals surface area (Å²) >= 11 is 0. The zero-order valence-electron chi connectivity index (χ0n) is 8.26. The molecule has 1 rings (SSSR count). The van der Waals surface area contributed by atoms with Gasteiger partial charge in [0.15, 0.2) is 0 Å². The zero-order valence-corrected chi connectivity index (χ0v) is 8.26. The van der Waals surface area contributed by atoms with Crippen molar-refractivity contribution >= 4 is 5.69 Å². The monoisotopic (exact) mass is 257 g/mol. The third kappa shape index (κ3) is 3.41. The summed E-state index contributed by atoms with van der Waals surface area (Å²) in [6.45, 7) is -0.450. The first-order valence-electron chi connectivity index (χ1n) is 4.28. The fraction of sp³-hybridized carbons (Fsp3) is 0.375. The van der Waals surface area contributed by atoms with Crippen molar-refractivity contribution in [1.82, 2.24) is 4.98 Å². The molecule has 0 aliphatic heterocycles. The molecule has 1 aromatic heterocycles. The molecule has 0 saturated carbocycles. The highest BCUT2D eigenvalue weighted by Gasteiger charge is 2.33. The highest BCUT2D eigenvalue weighted by molar-refractivity contribution is 5.51. The van der Waals surface area contributed by atoms with Crippen LogP contribution in [-0.2, 0) is 6.54 Å². The van der Waals surface area contributed by atoms with Gasteiger partial charge in [-0.05, 0) is 6.07 Å². The van der Waals surface area contributed by atoms with E-state index in [0.29, 0.717) is 6.07 Å². The highest BCUT2D eigenvalue weighted by Crippen LogP contribution is 2.31. The minimum atomic E-state index is -5.00. The highest BCUT2D eigenvalue weighted by atomic mass is 19.4. The molecule has 0 aliphatic carbocycles. The van der Waals surface area contributed by atoms with Gasteiger partial charge in [0.2, 0.25) is 5.88 Å². The Morgan fingerprint density at radius 2 is 1.94 bits per heavy atom. The lowest BCUT2D eigenvalue weighted by Gasteiger charge is -2.13. The number of rotatable bonds is 3. The Morgan fingerprint density at radius 3 is 2.35 bits per heavy atom. The number of ether oxygens (including phenoxy) is 1. The second kappa shape index (κ2) is 4.70. The van der Waals surface area contributed by atoms with Gasteiger partial charge in [-0.25, -0.2) is 13.8 Å². The smallest absolute Gasteiger partial charge is 0.394 e. The third-order valence-electron chi connectivity index (χ3n) is 1.77. The van der Waals surface area contributed by atoms with Gasteiger partial charge in [-0.15, -0.1) is 13.2 Å².